The Bertz CT molecular complexity index is 1470. The minimum Gasteiger partial charge on any atom is -0.465 e. The number of amides is 2. The van der Waals surface area contributed by atoms with Crippen LogP contribution in [0.2, 0.25) is 0 Å². The Hall–Kier alpha value is -4.64. The molecule has 1 heterocycles. The van der Waals surface area contributed by atoms with E-state index in [1.807, 2.05) is 0 Å². The molecule has 0 saturated heterocycles. The van der Waals surface area contributed by atoms with Crippen LogP contribution in [0.15, 0.2) is 83.5 Å². The summed E-state index contributed by atoms with van der Waals surface area (Å²) in [6.45, 7) is 0. The molecular formula is C26H16ClF3N2O6. The SMILES string of the molecule is COC(=O)c1ccc(OC(=O)c2ccc(NC3=C(Cl)C(=O)N(c4cccc(C(F)(F)F)c4)C3=O)cc2)cc1. The summed E-state index contributed by atoms with van der Waals surface area (Å²) in [6, 6.07) is 15.0. The molecule has 0 saturated carbocycles. The van der Waals surface area contributed by atoms with Crippen LogP contribution in [0.1, 0.15) is 26.3 Å². The number of nitrogens with one attached hydrogen (secondary N) is 1. The first-order valence-electron chi connectivity index (χ1n) is 10.7. The maximum Gasteiger partial charge on any atom is 0.416 e. The van der Waals surface area contributed by atoms with Crippen molar-refractivity contribution < 1.29 is 41.8 Å². The summed E-state index contributed by atoms with van der Waals surface area (Å²) in [4.78, 5) is 49.9. The highest BCUT2D eigenvalue weighted by Gasteiger charge is 2.40. The molecule has 2 amide bonds. The molecule has 1 N–H and O–H groups in total. The quantitative estimate of drug-likeness (QED) is 0.260. The minimum atomic E-state index is -4.67. The molecule has 0 atom stereocenters. The van der Waals surface area contributed by atoms with Gasteiger partial charge in [-0.1, -0.05) is 17.7 Å². The summed E-state index contributed by atoms with van der Waals surface area (Å²) in [6.07, 6.45) is -4.67. The first-order valence-corrected chi connectivity index (χ1v) is 11.1. The predicted molar refractivity (Wildman–Crippen MR) is 130 cm³/mol. The maximum absolute atomic E-state index is 13.1. The van der Waals surface area contributed by atoms with E-state index in [1.165, 1.54) is 61.7 Å². The molecule has 0 unspecified atom stereocenters. The smallest absolute Gasteiger partial charge is 0.416 e. The first kappa shape index (κ1) is 26.4. The van der Waals surface area contributed by atoms with Crippen LogP contribution < -0.4 is 15.0 Å². The van der Waals surface area contributed by atoms with Gasteiger partial charge in [0.2, 0.25) is 0 Å². The summed E-state index contributed by atoms with van der Waals surface area (Å²) in [7, 11) is 1.24. The van der Waals surface area contributed by atoms with Gasteiger partial charge in [-0.25, -0.2) is 14.5 Å². The van der Waals surface area contributed by atoms with E-state index in [2.05, 4.69) is 10.1 Å². The van der Waals surface area contributed by atoms with Gasteiger partial charge in [-0.3, -0.25) is 9.59 Å². The Labute approximate surface area is 218 Å². The number of alkyl halides is 3. The number of halogens is 4. The molecule has 0 spiro atoms. The van der Waals surface area contributed by atoms with Crippen molar-refractivity contribution in [2.75, 3.05) is 17.3 Å². The molecule has 38 heavy (non-hydrogen) atoms. The lowest BCUT2D eigenvalue weighted by molar-refractivity contribution is -0.137. The molecule has 3 aromatic carbocycles. The predicted octanol–water partition coefficient (Wildman–Crippen LogP) is 5.15. The van der Waals surface area contributed by atoms with Gasteiger partial charge < -0.3 is 14.8 Å². The zero-order chi connectivity index (χ0) is 27.6. The van der Waals surface area contributed by atoms with Crippen molar-refractivity contribution in [1.29, 1.82) is 0 Å². The lowest BCUT2D eigenvalue weighted by Gasteiger charge is -2.17. The molecular weight excluding hydrogens is 529 g/mol. The van der Waals surface area contributed by atoms with Crippen molar-refractivity contribution in [2.24, 2.45) is 0 Å². The van der Waals surface area contributed by atoms with E-state index in [4.69, 9.17) is 16.3 Å². The summed E-state index contributed by atoms with van der Waals surface area (Å²) < 4.78 is 49.1. The van der Waals surface area contributed by atoms with Gasteiger partial charge in [0.15, 0.2) is 0 Å². The number of methoxy groups -OCH3 is 1. The summed E-state index contributed by atoms with van der Waals surface area (Å²) in [5, 5.41) is 2.16. The zero-order valence-corrected chi connectivity index (χ0v) is 20.1. The van der Waals surface area contributed by atoms with E-state index in [-0.39, 0.29) is 33.9 Å². The second-order valence-corrected chi connectivity index (χ2v) is 8.17. The normalized spacial score (nSPS) is 13.6. The number of rotatable bonds is 6. The van der Waals surface area contributed by atoms with Crippen LogP contribution in [0.4, 0.5) is 24.5 Å². The molecule has 12 heteroatoms. The van der Waals surface area contributed by atoms with E-state index in [0.717, 1.165) is 12.1 Å². The van der Waals surface area contributed by atoms with Crippen molar-refractivity contribution in [3.8, 4) is 5.75 Å². The van der Waals surface area contributed by atoms with Gasteiger partial charge in [-0.15, -0.1) is 0 Å². The van der Waals surface area contributed by atoms with Gasteiger partial charge >= 0.3 is 18.1 Å². The monoisotopic (exact) mass is 544 g/mol. The number of anilines is 2. The second-order valence-electron chi connectivity index (χ2n) is 7.79. The van der Waals surface area contributed by atoms with E-state index in [1.54, 1.807) is 0 Å². The van der Waals surface area contributed by atoms with Gasteiger partial charge in [0.1, 0.15) is 16.5 Å². The van der Waals surface area contributed by atoms with Gasteiger partial charge in [0.05, 0.1) is 29.5 Å². The molecule has 0 bridgehead atoms. The van der Waals surface area contributed by atoms with Gasteiger partial charge in [0, 0.05) is 5.69 Å². The van der Waals surface area contributed by atoms with Crippen molar-refractivity contribution in [3.63, 3.8) is 0 Å². The Balaban J connectivity index is 1.45. The number of nitrogens with zero attached hydrogens (tertiary/aromatic N) is 1. The third kappa shape index (κ3) is 5.37. The van der Waals surface area contributed by atoms with Crippen LogP contribution in [0.3, 0.4) is 0 Å². The van der Waals surface area contributed by atoms with Gasteiger partial charge in [-0.05, 0) is 66.7 Å². The van der Waals surface area contributed by atoms with Crippen molar-refractivity contribution >= 4 is 46.7 Å². The van der Waals surface area contributed by atoms with Gasteiger partial charge in [0.25, 0.3) is 11.8 Å². The topological polar surface area (TPSA) is 102 Å². The number of imide groups is 1. The number of hydrogen-bond acceptors (Lipinski definition) is 7. The van der Waals surface area contributed by atoms with Crippen LogP contribution >= 0.6 is 11.6 Å². The number of esters is 2. The lowest BCUT2D eigenvalue weighted by atomic mass is 10.2. The average molecular weight is 545 g/mol. The highest BCUT2D eigenvalue weighted by Crippen LogP contribution is 2.35. The zero-order valence-electron chi connectivity index (χ0n) is 19.3. The highest BCUT2D eigenvalue weighted by atomic mass is 35.5. The Morgan fingerprint density at radius 1 is 0.868 bits per heavy atom. The standard InChI is InChI=1S/C26H16ClF3N2O6/c1-37-24(35)14-7-11-19(12-8-14)38-25(36)15-5-9-17(10-6-15)31-21-20(27)22(33)32(23(21)34)18-4-2-3-16(13-18)26(28,29)30/h2-13,31H,1H3. The average Bonchev–Trinajstić information content (AvgIpc) is 3.11. The highest BCUT2D eigenvalue weighted by molar-refractivity contribution is 6.53. The minimum absolute atomic E-state index is 0.145. The summed E-state index contributed by atoms with van der Waals surface area (Å²) in [5.41, 5.74) is -0.967. The molecule has 1 aliphatic heterocycles. The molecule has 0 aromatic heterocycles. The molecule has 8 nitrogen and oxygen atoms in total. The third-order valence-electron chi connectivity index (χ3n) is 5.33. The summed E-state index contributed by atoms with van der Waals surface area (Å²) >= 11 is 6.04. The largest absolute Gasteiger partial charge is 0.465 e. The van der Waals surface area contributed by atoms with Crippen LogP contribution in [-0.4, -0.2) is 30.9 Å². The fraction of sp³-hybridized carbons (Fsp3) is 0.0769. The molecule has 0 aliphatic carbocycles. The van der Waals surface area contributed by atoms with Gasteiger partial charge in [-0.2, -0.15) is 13.2 Å². The fourth-order valence-corrected chi connectivity index (χ4v) is 3.66. The number of carbonyl (C=O) groups excluding carboxylic acids is 4. The molecule has 3 aromatic rings. The van der Waals surface area contributed by atoms with Crippen molar-refractivity contribution in [2.45, 2.75) is 6.18 Å². The summed E-state index contributed by atoms with van der Waals surface area (Å²) in [5.74, 6) is -2.99. The Kier molecular flexibility index (Phi) is 7.22. The lowest BCUT2D eigenvalue weighted by Crippen LogP contribution is -2.32. The Morgan fingerprint density at radius 3 is 2.08 bits per heavy atom. The van der Waals surface area contributed by atoms with E-state index >= 15 is 0 Å². The van der Waals surface area contributed by atoms with Crippen LogP contribution in [0.25, 0.3) is 0 Å². The van der Waals surface area contributed by atoms with Crippen LogP contribution in [0, 0.1) is 0 Å². The van der Waals surface area contributed by atoms with Crippen molar-refractivity contribution in [1.82, 2.24) is 0 Å². The Morgan fingerprint density at radius 2 is 1.47 bits per heavy atom. The number of carbonyl (C=O) groups is 4. The van der Waals surface area contributed by atoms with E-state index in [0.29, 0.717) is 11.0 Å². The molecule has 194 valence electrons. The fourth-order valence-electron chi connectivity index (χ4n) is 3.44. The maximum atomic E-state index is 13.1. The molecule has 4 rings (SSSR count). The number of benzene rings is 3. The molecule has 0 fully saturated rings. The number of ether oxygens (including phenoxy) is 2. The van der Waals surface area contributed by atoms with Crippen LogP contribution in [-0.2, 0) is 20.5 Å². The molecule has 0 radical (unpaired) electrons. The first-order chi connectivity index (χ1) is 18.0. The van der Waals surface area contributed by atoms with E-state index in [9.17, 15) is 32.3 Å². The third-order valence-corrected chi connectivity index (χ3v) is 5.69. The van der Waals surface area contributed by atoms with Crippen molar-refractivity contribution in [3.05, 3.63) is 100 Å². The second kappa shape index (κ2) is 10.4. The van der Waals surface area contributed by atoms with E-state index < -0.39 is 40.5 Å². The molecule has 1 aliphatic rings. The van der Waals surface area contributed by atoms with Crippen LogP contribution in [0.5, 0.6) is 5.75 Å². The number of hydrogen-bond donors (Lipinski definition) is 1.